The van der Waals surface area contributed by atoms with E-state index in [1.54, 1.807) is 0 Å². The summed E-state index contributed by atoms with van der Waals surface area (Å²) in [6.07, 6.45) is 0. The molecule has 0 heterocycles. The molecule has 0 unspecified atom stereocenters. The van der Waals surface area contributed by atoms with E-state index in [1.807, 2.05) is 0 Å². The van der Waals surface area contributed by atoms with Gasteiger partial charge in [0.05, 0.1) is 0 Å². The first-order valence-electron chi connectivity index (χ1n) is 9.22. The molecule has 0 spiro atoms. The highest BCUT2D eigenvalue weighted by molar-refractivity contribution is 7.00. The van der Waals surface area contributed by atoms with E-state index in [9.17, 15) is 0 Å². The van der Waals surface area contributed by atoms with Gasteiger partial charge in [0, 0.05) is 0 Å². The first-order chi connectivity index (χ1) is 12.3. The molecule has 0 aliphatic carbocycles. The minimum atomic E-state index is -2.54. The van der Waals surface area contributed by atoms with Crippen molar-refractivity contribution in [1.82, 2.24) is 0 Å². The minimum absolute atomic E-state index is 0.0208. The summed E-state index contributed by atoms with van der Waals surface area (Å²) in [5, 5.41) is 2.59. The molecule has 3 aromatic carbocycles. The van der Waals surface area contributed by atoms with E-state index < -0.39 is 8.32 Å². The average Bonchev–Trinajstić information content (AvgIpc) is 2.62. The third-order valence-corrected chi connectivity index (χ3v) is 9.94. The Morgan fingerprint density at radius 1 is 0.692 bits per heavy atom. The first kappa shape index (κ1) is 18.5. The maximum Gasteiger partial charge on any atom is 0.319 e. The summed E-state index contributed by atoms with van der Waals surface area (Å²) >= 11 is 0. The predicted octanol–water partition coefficient (Wildman–Crippen LogP) is 5.24. The van der Waals surface area contributed by atoms with Crippen molar-refractivity contribution in [3.63, 3.8) is 0 Å². The Morgan fingerprint density at radius 2 is 1.19 bits per heavy atom. The lowest BCUT2D eigenvalue weighted by atomic mass is 10.1. The molecule has 3 rings (SSSR count). The second kappa shape index (κ2) is 7.12. The van der Waals surface area contributed by atoms with Gasteiger partial charge in [0.1, 0.15) is 5.75 Å². The maximum atomic E-state index is 7.06. The Kier molecular flexibility index (Phi) is 5.06. The summed E-state index contributed by atoms with van der Waals surface area (Å²) in [6, 6.07) is 28.0. The van der Waals surface area contributed by atoms with E-state index in [0.717, 1.165) is 5.75 Å². The summed E-state index contributed by atoms with van der Waals surface area (Å²) in [5.41, 5.74) is 2.45. The van der Waals surface area contributed by atoms with E-state index in [4.69, 9.17) is 4.43 Å². The summed E-state index contributed by atoms with van der Waals surface area (Å²) in [7, 11) is -2.54. The fraction of sp³-hybridized carbons (Fsp3) is 0.250. The zero-order chi connectivity index (χ0) is 18.8. The number of benzene rings is 3. The van der Waals surface area contributed by atoms with Gasteiger partial charge in [-0.15, -0.1) is 0 Å². The van der Waals surface area contributed by atoms with Crippen LogP contribution in [-0.4, -0.2) is 8.32 Å². The van der Waals surface area contributed by atoms with Gasteiger partial charge >= 0.3 is 8.32 Å². The van der Waals surface area contributed by atoms with E-state index in [1.165, 1.54) is 21.5 Å². The highest BCUT2D eigenvalue weighted by Crippen LogP contribution is 2.38. The van der Waals surface area contributed by atoms with Gasteiger partial charge in [0.25, 0.3) is 0 Å². The minimum Gasteiger partial charge on any atom is -0.534 e. The van der Waals surface area contributed by atoms with Gasteiger partial charge < -0.3 is 4.43 Å². The second-order valence-electron chi connectivity index (χ2n) is 8.03. The molecule has 0 saturated carbocycles. The molecular weight excluding hydrogens is 332 g/mol. The van der Waals surface area contributed by atoms with Crippen LogP contribution >= 0.6 is 0 Å². The zero-order valence-electron chi connectivity index (χ0n) is 16.4. The van der Waals surface area contributed by atoms with Gasteiger partial charge in [-0.2, -0.15) is 0 Å². The van der Waals surface area contributed by atoms with Gasteiger partial charge in [-0.3, -0.25) is 0 Å². The number of aryl methyl sites for hydroxylation is 2. The Labute approximate surface area is 158 Å². The van der Waals surface area contributed by atoms with Crippen molar-refractivity contribution in [2.75, 3.05) is 0 Å². The number of hydrogen-bond donors (Lipinski definition) is 0. The van der Waals surface area contributed by atoms with Crippen LogP contribution in [0.1, 0.15) is 31.9 Å². The third kappa shape index (κ3) is 3.34. The normalized spacial score (nSPS) is 12.0. The Hall–Kier alpha value is -2.32. The lowest BCUT2D eigenvalue weighted by Crippen LogP contribution is -2.68. The molecular formula is C24H28OSi. The van der Waals surface area contributed by atoms with Crippen molar-refractivity contribution in [3.8, 4) is 5.75 Å². The fourth-order valence-corrected chi connectivity index (χ4v) is 8.22. The lowest BCUT2D eigenvalue weighted by Gasteiger charge is -2.43. The molecule has 26 heavy (non-hydrogen) atoms. The first-order valence-corrected chi connectivity index (χ1v) is 11.1. The molecule has 0 bridgehead atoms. The molecule has 1 nitrogen and oxygen atoms in total. The van der Waals surface area contributed by atoms with Crippen molar-refractivity contribution in [2.24, 2.45) is 0 Å². The summed E-state index contributed by atoms with van der Waals surface area (Å²) in [4.78, 5) is 0. The summed E-state index contributed by atoms with van der Waals surface area (Å²) in [5.74, 6) is 0.991. The second-order valence-corrected chi connectivity index (χ2v) is 12.3. The van der Waals surface area contributed by atoms with Crippen LogP contribution in [-0.2, 0) is 0 Å². The van der Waals surface area contributed by atoms with Gasteiger partial charge in [0.15, 0.2) is 0 Å². The van der Waals surface area contributed by atoms with Crippen LogP contribution in [0.2, 0.25) is 5.04 Å². The zero-order valence-corrected chi connectivity index (χ0v) is 17.4. The van der Waals surface area contributed by atoms with Crippen molar-refractivity contribution in [2.45, 2.75) is 39.7 Å². The molecule has 0 fully saturated rings. The van der Waals surface area contributed by atoms with Crippen molar-refractivity contribution >= 4 is 18.7 Å². The highest BCUT2D eigenvalue weighted by atomic mass is 28.4. The number of rotatable bonds is 4. The Balaban J connectivity index is 2.27. The smallest absolute Gasteiger partial charge is 0.319 e. The van der Waals surface area contributed by atoms with Crippen molar-refractivity contribution in [1.29, 1.82) is 0 Å². The lowest BCUT2D eigenvalue weighted by molar-refractivity contribution is 0.505. The van der Waals surface area contributed by atoms with Gasteiger partial charge in [-0.25, -0.2) is 0 Å². The van der Waals surface area contributed by atoms with Crippen LogP contribution in [0.5, 0.6) is 5.75 Å². The molecule has 0 N–H and O–H groups in total. The molecule has 0 radical (unpaired) electrons. The maximum absolute atomic E-state index is 7.06. The summed E-state index contributed by atoms with van der Waals surface area (Å²) in [6.45, 7) is 11.2. The van der Waals surface area contributed by atoms with E-state index in [0.29, 0.717) is 0 Å². The van der Waals surface area contributed by atoms with Crippen LogP contribution in [0.15, 0.2) is 78.9 Å². The van der Waals surface area contributed by atoms with E-state index >= 15 is 0 Å². The fourth-order valence-electron chi connectivity index (χ4n) is 3.73. The number of hydrogen-bond acceptors (Lipinski definition) is 1. The molecule has 0 aromatic heterocycles. The van der Waals surface area contributed by atoms with Crippen molar-refractivity contribution in [3.05, 3.63) is 90.0 Å². The Bertz CT molecular complexity index is 824. The van der Waals surface area contributed by atoms with Gasteiger partial charge in [0.2, 0.25) is 0 Å². The highest BCUT2D eigenvalue weighted by Gasteiger charge is 2.52. The largest absolute Gasteiger partial charge is 0.534 e. The van der Waals surface area contributed by atoms with Gasteiger partial charge in [-0.1, -0.05) is 99.1 Å². The van der Waals surface area contributed by atoms with Crippen molar-refractivity contribution < 1.29 is 4.43 Å². The summed E-state index contributed by atoms with van der Waals surface area (Å²) < 4.78 is 7.06. The van der Waals surface area contributed by atoms with Crippen LogP contribution in [0.4, 0.5) is 0 Å². The molecule has 0 aliphatic heterocycles. The molecule has 0 saturated heterocycles. The van der Waals surface area contributed by atoms with Crippen LogP contribution in [0.25, 0.3) is 0 Å². The third-order valence-electron chi connectivity index (χ3n) is 5.01. The standard InChI is InChI=1S/C24H28OSi/c1-19-16-17-23(20(2)18-19)25-26(24(3,4)5,21-12-8-6-9-13-21)22-14-10-7-11-15-22/h6-18H,1-5H3. The molecule has 0 amide bonds. The SMILES string of the molecule is Cc1ccc(O[Si](c2ccccc2)(c2ccccc2)C(C)(C)C)c(C)c1. The molecule has 2 heteroatoms. The molecule has 0 aliphatic rings. The molecule has 134 valence electrons. The van der Waals surface area contributed by atoms with E-state index in [2.05, 4.69) is 113 Å². The van der Waals surface area contributed by atoms with Crippen LogP contribution in [0.3, 0.4) is 0 Å². The van der Waals surface area contributed by atoms with E-state index in [-0.39, 0.29) is 5.04 Å². The molecule has 3 aromatic rings. The monoisotopic (exact) mass is 360 g/mol. The van der Waals surface area contributed by atoms with Gasteiger partial charge in [-0.05, 0) is 40.9 Å². The topological polar surface area (TPSA) is 9.23 Å². The van der Waals surface area contributed by atoms with Crippen LogP contribution < -0.4 is 14.8 Å². The molecule has 0 atom stereocenters. The average molecular weight is 361 g/mol. The quantitative estimate of drug-likeness (QED) is 0.578. The predicted molar refractivity (Wildman–Crippen MR) is 114 cm³/mol. The van der Waals surface area contributed by atoms with Crippen LogP contribution in [0, 0.1) is 13.8 Å². The Morgan fingerprint density at radius 3 is 1.62 bits per heavy atom.